The van der Waals surface area contributed by atoms with Crippen LogP contribution in [0.3, 0.4) is 0 Å². The van der Waals surface area contributed by atoms with Crippen LogP contribution in [0, 0.1) is 11.3 Å². The van der Waals surface area contributed by atoms with Crippen molar-refractivity contribution in [3.05, 3.63) is 0 Å². The summed E-state index contributed by atoms with van der Waals surface area (Å²) >= 11 is 0. The first-order valence-corrected chi connectivity index (χ1v) is 8.60. The molecule has 0 heterocycles. The SMILES string of the molecule is CC1CCCC(CNC(=O)C2(CN)CCCC2)(N(C)C)C1. The fraction of sp³-hybridized carbons (Fsp3) is 0.941. The summed E-state index contributed by atoms with van der Waals surface area (Å²) in [5.41, 5.74) is 5.76. The van der Waals surface area contributed by atoms with E-state index in [0.29, 0.717) is 6.54 Å². The van der Waals surface area contributed by atoms with Gasteiger partial charge in [-0.15, -0.1) is 0 Å². The van der Waals surface area contributed by atoms with Crippen molar-refractivity contribution in [2.24, 2.45) is 17.1 Å². The van der Waals surface area contributed by atoms with Crippen LogP contribution in [-0.2, 0) is 4.79 Å². The molecule has 122 valence electrons. The Kier molecular flexibility index (Phi) is 5.31. The van der Waals surface area contributed by atoms with Crippen molar-refractivity contribution in [2.45, 2.75) is 63.8 Å². The number of carbonyl (C=O) groups is 1. The summed E-state index contributed by atoms with van der Waals surface area (Å²) in [7, 11) is 4.30. The lowest BCUT2D eigenvalue weighted by molar-refractivity contribution is -0.131. The maximum Gasteiger partial charge on any atom is 0.227 e. The van der Waals surface area contributed by atoms with Crippen LogP contribution in [0.2, 0.25) is 0 Å². The average molecular weight is 295 g/mol. The molecule has 4 nitrogen and oxygen atoms in total. The minimum atomic E-state index is -0.284. The summed E-state index contributed by atoms with van der Waals surface area (Å²) in [6, 6.07) is 0. The van der Waals surface area contributed by atoms with E-state index in [1.807, 2.05) is 0 Å². The Morgan fingerprint density at radius 3 is 2.43 bits per heavy atom. The van der Waals surface area contributed by atoms with Gasteiger partial charge in [0.1, 0.15) is 0 Å². The van der Waals surface area contributed by atoms with E-state index in [1.165, 1.54) is 25.7 Å². The molecule has 3 N–H and O–H groups in total. The number of nitrogens with two attached hydrogens (primary N) is 1. The highest BCUT2D eigenvalue weighted by Gasteiger charge is 2.42. The van der Waals surface area contributed by atoms with Crippen LogP contribution in [-0.4, -0.2) is 43.5 Å². The van der Waals surface area contributed by atoms with Gasteiger partial charge in [-0.3, -0.25) is 4.79 Å². The molecule has 21 heavy (non-hydrogen) atoms. The number of likely N-dealkylation sites (N-methyl/N-ethyl adjacent to an activating group) is 1. The number of nitrogens with one attached hydrogen (secondary N) is 1. The largest absolute Gasteiger partial charge is 0.354 e. The first-order chi connectivity index (χ1) is 9.94. The van der Waals surface area contributed by atoms with E-state index < -0.39 is 0 Å². The van der Waals surface area contributed by atoms with Gasteiger partial charge in [0, 0.05) is 18.6 Å². The van der Waals surface area contributed by atoms with Crippen molar-refractivity contribution in [3.63, 3.8) is 0 Å². The summed E-state index contributed by atoms with van der Waals surface area (Å²) in [6.07, 6.45) is 9.13. The Morgan fingerprint density at radius 1 is 1.24 bits per heavy atom. The molecule has 2 aliphatic carbocycles. The number of rotatable bonds is 5. The molecule has 0 aromatic heterocycles. The van der Waals surface area contributed by atoms with E-state index >= 15 is 0 Å². The average Bonchev–Trinajstić information content (AvgIpc) is 2.95. The van der Waals surface area contributed by atoms with Gasteiger partial charge in [-0.25, -0.2) is 0 Å². The number of nitrogens with zero attached hydrogens (tertiary/aromatic N) is 1. The van der Waals surface area contributed by atoms with Gasteiger partial charge in [0.15, 0.2) is 0 Å². The fourth-order valence-electron chi connectivity index (χ4n) is 4.37. The van der Waals surface area contributed by atoms with Gasteiger partial charge >= 0.3 is 0 Å². The summed E-state index contributed by atoms with van der Waals surface area (Å²) in [4.78, 5) is 15.0. The van der Waals surface area contributed by atoms with Crippen molar-refractivity contribution < 1.29 is 4.79 Å². The molecule has 2 atom stereocenters. The molecular formula is C17H33N3O. The van der Waals surface area contributed by atoms with Crippen LogP contribution in [0.4, 0.5) is 0 Å². The smallest absolute Gasteiger partial charge is 0.227 e. The highest BCUT2D eigenvalue weighted by Crippen LogP contribution is 2.38. The van der Waals surface area contributed by atoms with Gasteiger partial charge < -0.3 is 16.0 Å². The van der Waals surface area contributed by atoms with E-state index in [2.05, 4.69) is 31.2 Å². The molecule has 0 spiro atoms. The van der Waals surface area contributed by atoms with Crippen LogP contribution in [0.15, 0.2) is 0 Å². The van der Waals surface area contributed by atoms with E-state index in [-0.39, 0.29) is 16.9 Å². The summed E-state index contributed by atoms with van der Waals surface area (Å²) in [6.45, 7) is 3.59. The van der Waals surface area contributed by atoms with E-state index in [0.717, 1.165) is 38.1 Å². The van der Waals surface area contributed by atoms with Gasteiger partial charge in [-0.05, 0) is 45.7 Å². The third-order valence-corrected chi connectivity index (χ3v) is 6.03. The molecular weight excluding hydrogens is 262 g/mol. The van der Waals surface area contributed by atoms with Crippen molar-refractivity contribution in [1.29, 1.82) is 0 Å². The minimum absolute atomic E-state index is 0.127. The Bertz CT molecular complexity index is 363. The minimum Gasteiger partial charge on any atom is -0.354 e. The predicted octanol–water partition coefficient (Wildman–Crippen LogP) is 2.13. The highest BCUT2D eigenvalue weighted by molar-refractivity contribution is 5.83. The second-order valence-corrected chi connectivity index (χ2v) is 7.69. The van der Waals surface area contributed by atoms with Crippen LogP contribution in [0.5, 0.6) is 0 Å². The molecule has 0 aromatic rings. The van der Waals surface area contributed by atoms with Crippen molar-refractivity contribution in [2.75, 3.05) is 27.2 Å². The van der Waals surface area contributed by atoms with Gasteiger partial charge in [0.2, 0.25) is 5.91 Å². The van der Waals surface area contributed by atoms with Crippen molar-refractivity contribution in [1.82, 2.24) is 10.2 Å². The first-order valence-electron chi connectivity index (χ1n) is 8.60. The predicted molar refractivity (Wildman–Crippen MR) is 87.0 cm³/mol. The van der Waals surface area contributed by atoms with Crippen molar-refractivity contribution in [3.8, 4) is 0 Å². The third-order valence-electron chi connectivity index (χ3n) is 6.03. The molecule has 0 saturated heterocycles. The molecule has 0 bridgehead atoms. The molecule has 0 aromatic carbocycles. The molecule has 2 unspecified atom stereocenters. The third kappa shape index (κ3) is 3.42. The van der Waals surface area contributed by atoms with Gasteiger partial charge in [0.05, 0.1) is 5.41 Å². The zero-order valence-corrected chi connectivity index (χ0v) is 14.1. The Hall–Kier alpha value is -0.610. The van der Waals surface area contributed by atoms with Crippen molar-refractivity contribution >= 4 is 5.91 Å². The summed E-state index contributed by atoms with van der Waals surface area (Å²) in [5, 5.41) is 3.27. The van der Waals surface area contributed by atoms with E-state index in [1.54, 1.807) is 0 Å². The lowest BCUT2D eigenvalue weighted by atomic mass is 9.75. The molecule has 2 rings (SSSR count). The Balaban J connectivity index is 2.00. The lowest BCUT2D eigenvalue weighted by Gasteiger charge is -2.45. The van der Waals surface area contributed by atoms with E-state index in [9.17, 15) is 4.79 Å². The van der Waals surface area contributed by atoms with Gasteiger partial charge in [-0.1, -0.05) is 32.6 Å². The highest BCUT2D eigenvalue weighted by atomic mass is 16.2. The molecule has 2 aliphatic rings. The zero-order chi connectivity index (χ0) is 15.5. The maximum atomic E-state index is 12.7. The molecule has 0 radical (unpaired) electrons. The van der Waals surface area contributed by atoms with Crippen LogP contribution in [0.1, 0.15) is 58.3 Å². The van der Waals surface area contributed by atoms with Gasteiger partial charge in [0.25, 0.3) is 0 Å². The zero-order valence-electron chi connectivity index (χ0n) is 14.1. The molecule has 4 heteroatoms. The second kappa shape index (κ2) is 6.66. The topological polar surface area (TPSA) is 58.4 Å². The molecule has 2 fully saturated rings. The molecule has 1 amide bonds. The quantitative estimate of drug-likeness (QED) is 0.817. The van der Waals surface area contributed by atoms with E-state index in [4.69, 9.17) is 5.73 Å². The number of amides is 1. The lowest BCUT2D eigenvalue weighted by Crippen LogP contribution is -2.57. The molecule has 2 saturated carbocycles. The maximum absolute atomic E-state index is 12.7. The standard InChI is InChI=1S/C17H33N3O/c1-14-7-6-10-17(11-14,20(2)3)13-19-15(21)16(12-18)8-4-5-9-16/h14H,4-13,18H2,1-3H3,(H,19,21). The van der Waals surface area contributed by atoms with Crippen LogP contribution < -0.4 is 11.1 Å². The van der Waals surface area contributed by atoms with Crippen LogP contribution in [0.25, 0.3) is 0 Å². The fourth-order valence-corrected chi connectivity index (χ4v) is 4.37. The normalized spacial score (nSPS) is 32.3. The number of hydrogen-bond donors (Lipinski definition) is 2. The van der Waals surface area contributed by atoms with Crippen LogP contribution >= 0.6 is 0 Å². The number of hydrogen-bond acceptors (Lipinski definition) is 3. The summed E-state index contributed by atoms with van der Waals surface area (Å²) < 4.78 is 0. The Morgan fingerprint density at radius 2 is 1.90 bits per heavy atom. The number of carbonyl (C=O) groups excluding carboxylic acids is 1. The van der Waals surface area contributed by atoms with Gasteiger partial charge in [-0.2, -0.15) is 0 Å². The second-order valence-electron chi connectivity index (χ2n) is 7.69. The Labute approximate surface area is 129 Å². The summed E-state index contributed by atoms with van der Waals surface area (Å²) in [5.74, 6) is 0.940. The first kappa shape index (κ1) is 16.8. The molecule has 0 aliphatic heterocycles. The monoisotopic (exact) mass is 295 g/mol.